The molecular formula is C18H29FN4O3S. The van der Waals surface area contributed by atoms with Crippen molar-refractivity contribution in [2.75, 3.05) is 51.3 Å². The van der Waals surface area contributed by atoms with Gasteiger partial charge in [0.15, 0.2) is 15.8 Å². The summed E-state index contributed by atoms with van der Waals surface area (Å²) in [4.78, 5) is 6.31. The highest BCUT2D eigenvalue weighted by atomic mass is 32.2. The Hall–Kier alpha value is -1.87. The van der Waals surface area contributed by atoms with Crippen LogP contribution < -0.4 is 15.4 Å². The van der Waals surface area contributed by atoms with Gasteiger partial charge < -0.3 is 15.4 Å². The van der Waals surface area contributed by atoms with E-state index in [2.05, 4.69) is 20.5 Å². The molecule has 1 aromatic carbocycles. The Morgan fingerprint density at radius 2 is 2.07 bits per heavy atom. The third kappa shape index (κ3) is 7.72. The lowest BCUT2D eigenvalue weighted by molar-refractivity contribution is 0.198. The lowest BCUT2D eigenvalue weighted by Crippen LogP contribution is -2.47. The van der Waals surface area contributed by atoms with E-state index in [0.717, 1.165) is 13.0 Å². The molecule has 1 saturated heterocycles. The van der Waals surface area contributed by atoms with Gasteiger partial charge in [0.25, 0.3) is 0 Å². The molecule has 2 N–H and O–H groups in total. The van der Waals surface area contributed by atoms with E-state index in [1.165, 1.54) is 12.1 Å². The second-order valence-corrected chi connectivity index (χ2v) is 8.78. The summed E-state index contributed by atoms with van der Waals surface area (Å²) in [6.07, 6.45) is 0.653. The summed E-state index contributed by atoms with van der Waals surface area (Å²) in [5, 5.41) is 6.43. The molecule has 1 heterocycles. The molecule has 1 aromatic rings. The number of nitrogens with zero attached hydrogens (tertiary/aromatic N) is 2. The van der Waals surface area contributed by atoms with Crippen molar-refractivity contribution in [1.29, 1.82) is 0 Å². The zero-order valence-electron chi connectivity index (χ0n) is 15.9. The quantitative estimate of drug-likeness (QED) is 0.498. The van der Waals surface area contributed by atoms with Crippen molar-refractivity contribution in [1.82, 2.24) is 15.5 Å². The first kappa shape index (κ1) is 21.4. The standard InChI is InChI=1S/C18H29FN4O3S/c1-3-16(26-17-6-4-5-15(19)13-17)14-22-18(20-2)21-7-8-23-9-11-27(24,25)12-10-23/h4-6,13,16H,3,7-12,14H2,1-2H3,(H2,20,21,22). The Bertz CT molecular complexity index is 713. The number of benzene rings is 1. The first-order valence-corrected chi connectivity index (χ1v) is 11.0. The van der Waals surface area contributed by atoms with Crippen LogP contribution in [-0.4, -0.2) is 76.7 Å². The van der Waals surface area contributed by atoms with Gasteiger partial charge in [-0.05, 0) is 18.6 Å². The SMILES string of the molecule is CCC(CNC(=NC)NCCN1CCS(=O)(=O)CC1)Oc1cccc(F)c1. The third-order valence-electron chi connectivity index (χ3n) is 4.43. The van der Waals surface area contributed by atoms with E-state index in [1.807, 2.05) is 6.92 Å². The van der Waals surface area contributed by atoms with Crippen LogP contribution in [0.2, 0.25) is 0 Å². The summed E-state index contributed by atoms with van der Waals surface area (Å²) in [5.74, 6) is 1.30. The molecule has 27 heavy (non-hydrogen) atoms. The molecular weight excluding hydrogens is 371 g/mol. The number of ether oxygens (including phenoxy) is 1. The number of halogens is 1. The maximum Gasteiger partial charge on any atom is 0.191 e. The molecule has 1 aliphatic rings. The molecule has 1 fully saturated rings. The Kier molecular flexibility index (Phi) is 8.30. The van der Waals surface area contributed by atoms with Crippen LogP contribution in [-0.2, 0) is 9.84 Å². The molecule has 1 unspecified atom stereocenters. The molecule has 0 saturated carbocycles. The van der Waals surface area contributed by atoms with Gasteiger partial charge in [0.2, 0.25) is 0 Å². The van der Waals surface area contributed by atoms with Crippen molar-refractivity contribution in [3.63, 3.8) is 0 Å². The molecule has 0 aliphatic carbocycles. The second kappa shape index (κ2) is 10.5. The normalized spacial score (nSPS) is 18.7. The predicted octanol–water partition coefficient (Wildman–Crippen LogP) is 0.879. The van der Waals surface area contributed by atoms with E-state index in [4.69, 9.17) is 4.74 Å². The summed E-state index contributed by atoms with van der Waals surface area (Å²) in [7, 11) is -1.16. The van der Waals surface area contributed by atoms with E-state index < -0.39 is 9.84 Å². The Morgan fingerprint density at radius 3 is 2.70 bits per heavy atom. The van der Waals surface area contributed by atoms with E-state index >= 15 is 0 Å². The number of guanidine groups is 1. The van der Waals surface area contributed by atoms with Gasteiger partial charge >= 0.3 is 0 Å². The number of sulfone groups is 1. The summed E-state index contributed by atoms with van der Waals surface area (Å²) < 4.78 is 42.0. The number of aliphatic imine (C=N–C) groups is 1. The van der Waals surface area contributed by atoms with Gasteiger partial charge in [0.05, 0.1) is 18.1 Å². The van der Waals surface area contributed by atoms with Gasteiger partial charge in [-0.1, -0.05) is 13.0 Å². The lowest BCUT2D eigenvalue weighted by atomic mass is 10.2. The van der Waals surface area contributed by atoms with Crippen LogP contribution in [0.25, 0.3) is 0 Å². The molecule has 152 valence electrons. The molecule has 2 rings (SSSR count). The topological polar surface area (TPSA) is 83.0 Å². The summed E-state index contributed by atoms with van der Waals surface area (Å²) in [6, 6.07) is 6.11. The van der Waals surface area contributed by atoms with Crippen molar-refractivity contribution in [3.8, 4) is 5.75 Å². The van der Waals surface area contributed by atoms with Crippen molar-refractivity contribution in [2.45, 2.75) is 19.4 Å². The highest BCUT2D eigenvalue weighted by molar-refractivity contribution is 7.91. The first-order chi connectivity index (χ1) is 12.9. The summed E-state index contributed by atoms with van der Waals surface area (Å²) in [6.45, 7) is 5.13. The number of rotatable bonds is 8. The van der Waals surface area contributed by atoms with Crippen LogP contribution in [0, 0.1) is 5.82 Å². The van der Waals surface area contributed by atoms with Crippen LogP contribution in [0.15, 0.2) is 29.3 Å². The Morgan fingerprint density at radius 1 is 1.33 bits per heavy atom. The summed E-state index contributed by atoms with van der Waals surface area (Å²) >= 11 is 0. The van der Waals surface area contributed by atoms with Gasteiger partial charge in [0, 0.05) is 39.3 Å². The van der Waals surface area contributed by atoms with E-state index in [1.54, 1.807) is 19.2 Å². The van der Waals surface area contributed by atoms with Gasteiger partial charge in [-0.15, -0.1) is 0 Å². The molecule has 0 aromatic heterocycles. The van der Waals surface area contributed by atoms with Crippen LogP contribution >= 0.6 is 0 Å². The monoisotopic (exact) mass is 400 g/mol. The fraction of sp³-hybridized carbons (Fsp3) is 0.611. The minimum absolute atomic E-state index is 0.113. The zero-order valence-corrected chi connectivity index (χ0v) is 16.8. The number of hydrogen-bond donors (Lipinski definition) is 2. The molecule has 0 bridgehead atoms. The number of nitrogens with one attached hydrogen (secondary N) is 2. The van der Waals surface area contributed by atoms with E-state index in [-0.39, 0.29) is 23.4 Å². The largest absolute Gasteiger partial charge is 0.489 e. The van der Waals surface area contributed by atoms with Crippen molar-refractivity contribution >= 4 is 15.8 Å². The minimum Gasteiger partial charge on any atom is -0.489 e. The summed E-state index contributed by atoms with van der Waals surface area (Å²) in [5.41, 5.74) is 0. The Balaban J connectivity index is 1.71. The smallest absolute Gasteiger partial charge is 0.191 e. The van der Waals surface area contributed by atoms with Crippen molar-refractivity contribution in [2.24, 2.45) is 4.99 Å². The highest BCUT2D eigenvalue weighted by Crippen LogP contribution is 2.14. The second-order valence-electron chi connectivity index (χ2n) is 6.48. The van der Waals surface area contributed by atoms with Gasteiger partial charge in [-0.2, -0.15) is 0 Å². The highest BCUT2D eigenvalue weighted by Gasteiger charge is 2.21. The molecule has 7 nitrogen and oxygen atoms in total. The molecule has 0 spiro atoms. The van der Waals surface area contributed by atoms with Crippen molar-refractivity contribution in [3.05, 3.63) is 30.1 Å². The minimum atomic E-state index is -2.85. The third-order valence-corrected chi connectivity index (χ3v) is 6.04. The zero-order chi connectivity index (χ0) is 19.7. The van der Waals surface area contributed by atoms with Crippen LogP contribution in [0.4, 0.5) is 4.39 Å². The molecule has 9 heteroatoms. The predicted molar refractivity (Wildman–Crippen MR) is 106 cm³/mol. The van der Waals surface area contributed by atoms with Crippen LogP contribution in [0.5, 0.6) is 5.75 Å². The maximum atomic E-state index is 13.3. The maximum absolute atomic E-state index is 13.3. The van der Waals surface area contributed by atoms with Gasteiger partial charge in [0.1, 0.15) is 17.7 Å². The molecule has 1 aliphatic heterocycles. The average molecular weight is 401 g/mol. The van der Waals surface area contributed by atoms with Crippen LogP contribution in [0.3, 0.4) is 0 Å². The lowest BCUT2D eigenvalue weighted by Gasteiger charge is -2.27. The van der Waals surface area contributed by atoms with Gasteiger partial charge in [-0.3, -0.25) is 9.89 Å². The van der Waals surface area contributed by atoms with E-state index in [9.17, 15) is 12.8 Å². The van der Waals surface area contributed by atoms with Gasteiger partial charge in [-0.25, -0.2) is 12.8 Å². The van der Waals surface area contributed by atoms with Crippen molar-refractivity contribution < 1.29 is 17.5 Å². The fourth-order valence-electron chi connectivity index (χ4n) is 2.74. The molecule has 1 atom stereocenters. The average Bonchev–Trinajstić information content (AvgIpc) is 2.64. The van der Waals surface area contributed by atoms with Crippen LogP contribution in [0.1, 0.15) is 13.3 Å². The fourth-order valence-corrected chi connectivity index (χ4v) is 4.02. The first-order valence-electron chi connectivity index (χ1n) is 9.21. The Labute approximate surface area is 160 Å². The number of hydrogen-bond acceptors (Lipinski definition) is 5. The van der Waals surface area contributed by atoms with E-state index in [0.29, 0.717) is 37.9 Å². The molecule has 0 amide bonds. The molecule has 0 radical (unpaired) electrons.